The van der Waals surface area contributed by atoms with Gasteiger partial charge >= 0.3 is 0 Å². The second-order valence-corrected chi connectivity index (χ2v) is 7.17. The summed E-state index contributed by atoms with van der Waals surface area (Å²) in [6, 6.07) is 0. The molecule has 0 saturated heterocycles. The van der Waals surface area contributed by atoms with Crippen molar-refractivity contribution in [1.29, 1.82) is 0 Å². The molecular weight excluding hydrogens is 260 g/mol. The summed E-state index contributed by atoms with van der Waals surface area (Å²) in [7, 11) is 0. The lowest BCUT2D eigenvalue weighted by Crippen LogP contribution is -2.43. The van der Waals surface area contributed by atoms with Crippen LogP contribution in [0.3, 0.4) is 0 Å². The molecule has 0 amide bonds. The van der Waals surface area contributed by atoms with E-state index in [0.29, 0.717) is 30.6 Å². The van der Waals surface area contributed by atoms with Gasteiger partial charge in [-0.15, -0.1) is 0 Å². The fraction of sp³-hybridized carbons (Fsp3) is 0.737. The van der Waals surface area contributed by atoms with Crippen LogP contribution in [0.1, 0.15) is 65.2 Å². The van der Waals surface area contributed by atoms with Crippen molar-refractivity contribution in [2.75, 3.05) is 6.61 Å². The van der Waals surface area contributed by atoms with Crippen LogP contribution >= 0.6 is 0 Å². The molecule has 0 aromatic heterocycles. The van der Waals surface area contributed by atoms with E-state index >= 15 is 0 Å². The number of rotatable bonds is 3. The minimum atomic E-state index is 0.134. The molecule has 0 aliphatic heterocycles. The molecule has 1 unspecified atom stereocenters. The molecule has 1 saturated carbocycles. The molecule has 3 aliphatic carbocycles. The Morgan fingerprint density at radius 3 is 2.71 bits per heavy atom. The Hall–Kier alpha value is -0.890. The van der Waals surface area contributed by atoms with Crippen LogP contribution in [0, 0.1) is 17.3 Å². The molecule has 0 radical (unpaired) electrons. The van der Waals surface area contributed by atoms with E-state index in [2.05, 4.69) is 13.8 Å². The van der Waals surface area contributed by atoms with Gasteiger partial charge in [0.1, 0.15) is 0 Å². The van der Waals surface area contributed by atoms with Crippen LogP contribution < -0.4 is 0 Å². The number of allylic oxidation sites excluding steroid dienone is 4. The summed E-state index contributed by atoms with van der Waals surface area (Å²) in [6.07, 6.45) is 10.3. The fourth-order valence-electron chi connectivity index (χ4n) is 5.30. The van der Waals surface area contributed by atoms with E-state index in [-0.39, 0.29) is 5.41 Å². The number of ketones is 1. The highest BCUT2D eigenvalue weighted by Crippen LogP contribution is 2.55. The van der Waals surface area contributed by atoms with Gasteiger partial charge in [-0.1, -0.05) is 25.8 Å². The van der Waals surface area contributed by atoms with Gasteiger partial charge < -0.3 is 5.11 Å². The molecule has 1 fully saturated rings. The highest BCUT2D eigenvalue weighted by molar-refractivity contribution is 5.93. The van der Waals surface area contributed by atoms with E-state index in [9.17, 15) is 9.90 Å². The number of carbonyl (C=O) groups excluding carboxylic acids is 1. The van der Waals surface area contributed by atoms with Crippen molar-refractivity contribution in [3.8, 4) is 0 Å². The molecule has 0 aromatic carbocycles. The van der Waals surface area contributed by atoms with Gasteiger partial charge in [-0.25, -0.2) is 0 Å². The van der Waals surface area contributed by atoms with Gasteiger partial charge in [0.2, 0.25) is 0 Å². The van der Waals surface area contributed by atoms with Crippen LogP contribution in [0.5, 0.6) is 0 Å². The first kappa shape index (κ1) is 15.0. The topological polar surface area (TPSA) is 37.3 Å². The summed E-state index contributed by atoms with van der Waals surface area (Å²) in [6.45, 7) is 4.86. The lowest BCUT2D eigenvalue weighted by Gasteiger charge is -2.51. The van der Waals surface area contributed by atoms with Gasteiger partial charge in [0.25, 0.3) is 0 Å². The van der Waals surface area contributed by atoms with Crippen molar-refractivity contribution in [2.24, 2.45) is 17.3 Å². The van der Waals surface area contributed by atoms with Gasteiger partial charge in [-0.05, 0) is 73.0 Å². The van der Waals surface area contributed by atoms with E-state index in [1.807, 2.05) is 6.08 Å². The molecule has 116 valence electrons. The molecule has 3 rings (SSSR count). The molecule has 3 atom stereocenters. The molecule has 2 heteroatoms. The van der Waals surface area contributed by atoms with E-state index in [1.165, 1.54) is 17.6 Å². The fourth-order valence-corrected chi connectivity index (χ4v) is 5.30. The highest BCUT2D eigenvalue weighted by Gasteiger charge is 2.46. The second-order valence-electron chi connectivity index (χ2n) is 7.17. The largest absolute Gasteiger partial charge is 0.396 e. The van der Waals surface area contributed by atoms with E-state index in [4.69, 9.17) is 0 Å². The monoisotopic (exact) mass is 288 g/mol. The first-order chi connectivity index (χ1) is 10.1. The van der Waals surface area contributed by atoms with Crippen molar-refractivity contribution in [3.05, 3.63) is 22.8 Å². The molecule has 21 heavy (non-hydrogen) atoms. The van der Waals surface area contributed by atoms with Gasteiger partial charge in [-0.2, -0.15) is 0 Å². The van der Waals surface area contributed by atoms with E-state index in [1.54, 1.807) is 5.57 Å². The first-order valence-corrected chi connectivity index (χ1v) is 8.71. The Morgan fingerprint density at radius 1 is 1.24 bits per heavy atom. The molecule has 3 aliphatic rings. The highest BCUT2D eigenvalue weighted by atomic mass is 16.3. The third-order valence-corrected chi connectivity index (χ3v) is 6.53. The Bertz CT molecular complexity index is 494. The maximum Gasteiger partial charge on any atom is 0.156 e. The van der Waals surface area contributed by atoms with Crippen LogP contribution in [0.2, 0.25) is 0 Å². The first-order valence-electron chi connectivity index (χ1n) is 8.71. The smallest absolute Gasteiger partial charge is 0.156 e. The van der Waals surface area contributed by atoms with Crippen molar-refractivity contribution in [1.82, 2.24) is 0 Å². The molecule has 0 heterocycles. The van der Waals surface area contributed by atoms with E-state index in [0.717, 1.165) is 38.5 Å². The predicted octanol–water partition coefficient (Wildman–Crippen LogP) is 4.19. The minimum absolute atomic E-state index is 0.134. The summed E-state index contributed by atoms with van der Waals surface area (Å²) in [5.41, 5.74) is 4.63. The van der Waals surface area contributed by atoms with Gasteiger partial charge in [0.05, 0.1) is 0 Å². The third kappa shape index (κ3) is 2.32. The quantitative estimate of drug-likeness (QED) is 0.845. The number of aliphatic hydroxyl groups is 1. The zero-order valence-electron chi connectivity index (χ0n) is 13.5. The van der Waals surface area contributed by atoms with Crippen molar-refractivity contribution < 1.29 is 9.90 Å². The SMILES string of the molecule is CC[C@H]1[C@@H]2CCC3=CC(=O)CCC3=C2CCC1(CC)CO. The van der Waals surface area contributed by atoms with Crippen LogP contribution in [0.25, 0.3) is 0 Å². The summed E-state index contributed by atoms with van der Waals surface area (Å²) < 4.78 is 0. The molecule has 2 nitrogen and oxygen atoms in total. The average molecular weight is 288 g/mol. The normalized spacial score (nSPS) is 36.1. The lowest BCUT2D eigenvalue weighted by molar-refractivity contribution is -0.114. The van der Waals surface area contributed by atoms with Crippen LogP contribution in [0.4, 0.5) is 0 Å². The Kier molecular flexibility index (Phi) is 4.09. The maximum atomic E-state index is 11.7. The number of hydrogen-bond acceptors (Lipinski definition) is 2. The summed E-state index contributed by atoms with van der Waals surface area (Å²) >= 11 is 0. The van der Waals surface area contributed by atoms with Gasteiger partial charge in [-0.3, -0.25) is 4.79 Å². The summed E-state index contributed by atoms with van der Waals surface area (Å²) in [5, 5.41) is 10.0. The number of carbonyl (C=O) groups is 1. The van der Waals surface area contributed by atoms with Crippen molar-refractivity contribution in [2.45, 2.75) is 65.2 Å². The molecular formula is C19H28O2. The number of fused-ring (bicyclic) bond motifs is 2. The van der Waals surface area contributed by atoms with Crippen LogP contribution in [-0.4, -0.2) is 17.5 Å². The summed E-state index contributed by atoms with van der Waals surface area (Å²) in [5.74, 6) is 1.58. The molecule has 0 aromatic rings. The van der Waals surface area contributed by atoms with Gasteiger partial charge in [0, 0.05) is 13.0 Å². The van der Waals surface area contributed by atoms with Gasteiger partial charge in [0.15, 0.2) is 5.78 Å². The Balaban J connectivity index is 1.99. The Morgan fingerprint density at radius 2 is 2.05 bits per heavy atom. The van der Waals surface area contributed by atoms with Crippen molar-refractivity contribution in [3.63, 3.8) is 0 Å². The number of hydrogen-bond donors (Lipinski definition) is 1. The zero-order chi connectivity index (χ0) is 15.0. The molecule has 0 spiro atoms. The zero-order valence-corrected chi connectivity index (χ0v) is 13.5. The number of aliphatic hydroxyl groups excluding tert-OH is 1. The third-order valence-electron chi connectivity index (χ3n) is 6.53. The van der Waals surface area contributed by atoms with Crippen LogP contribution in [0.15, 0.2) is 22.8 Å². The second kappa shape index (κ2) is 5.72. The van der Waals surface area contributed by atoms with Crippen molar-refractivity contribution >= 4 is 5.78 Å². The molecule has 1 N–H and O–H groups in total. The maximum absolute atomic E-state index is 11.7. The minimum Gasteiger partial charge on any atom is -0.396 e. The van der Waals surface area contributed by atoms with Crippen LogP contribution in [-0.2, 0) is 4.79 Å². The Labute approximate surface area is 128 Å². The molecule has 0 bridgehead atoms. The summed E-state index contributed by atoms with van der Waals surface area (Å²) in [4.78, 5) is 11.7. The lowest BCUT2D eigenvalue weighted by atomic mass is 9.54. The average Bonchev–Trinajstić information content (AvgIpc) is 2.52. The predicted molar refractivity (Wildman–Crippen MR) is 84.9 cm³/mol. The van der Waals surface area contributed by atoms with E-state index < -0.39 is 0 Å². The standard InChI is InChI=1S/C19H28O2/c1-3-18-17-7-5-13-11-14(21)6-8-15(13)16(17)9-10-19(18,4-2)12-20/h11,17-18,20H,3-10,12H2,1-2H3/t17-,18+,19?/m1/s1.